The normalized spacial score (nSPS) is 15.6. The van der Waals surface area contributed by atoms with E-state index >= 15 is 0 Å². The molecule has 2 aromatic heterocycles. The van der Waals surface area contributed by atoms with E-state index in [4.69, 9.17) is 4.98 Å². The number of tetrazole rings is 1. The second-order valence-corrected chi connectivity index (χ2v) is 8.58. The van der Waals surface area contributed by atoms with Gasteiger partial charge in [0, 0.05) is 21.4 Å². The van der Waals surface area contributed by atoms with Crippen LogP contribution in [-0.4, -0.2) is 31.5 Å². The molecule has 0 aliphatic carbocycles. The van der Waals surface area contributed by atoms with Crippen molar-refractivity contribution in [1.82, 2.24) is 25.2 Å². The van der Waals surface area contributed by atoms with Gasteiger partial charge in [-0.1, -0.05) is 78.7 Å². The van der Waals surface area contributed by atoms with E-state index in [1.165, 1.54) is 11.8 Å². The molecule has 0 spiro atoms. The minimum absolute atomic E-state index is 0.392. The SMILES string of the molecule is CCCCn1nnc(NC2C(C=O)=C(c3ccccc3)Sc3nc4ccccc4cc32)n1. The number of benzene rings is 2. The number of hydrogen-bond acceptors (Lipinski definition) is 7. The zero-order valence-corrected chi connectivity index (χ0v) is 18.4. The summed E-state index contributed by atoms with van der Waals surface area (Å²) in [7, 11) is 0. The van der Waals surface area contributed by atoms with E-state index in [2.05, 4.69) is 33.7 Å². The van der Waals surface area contributed by atoms with Crippen molar-refractivity contribution >= 4 is 39.8 Å². The Balaban J connectivity index is 1.62. The third-order valence-electron chi connectivity index (χ3n) is 5.40. The van der Waals surface area contributed by atoms with Crippen molar-refractivity contribution in [2.24, 2.45) is 0 Å². The lowest BCUT2D eigenvalue weighted by atomic mass is 9.96. The van der Waals surface area contributed by atoms with E-state index in [0.29, 0.717) is 18.1 Å². The number of pyridine rings is 1. The summed E-state index contributed by atoms with van der Waals surface area (Å²) >= 11 is 1.52. The van der Waals surface area contributed by atoms with Gasteiger partial charge in [-0.25, -0.2) is 4.98 Å². The molecule has 0 saturated heterocycles. The number of aromatic nitrogens is 5. The van der Waals surface area contributed by atoms with Gasteiger partial charge in [-0.2, -0.15) is 4.80 Å². The third-order valence-corrected chi connectivity index (χ3v) is 6.60. The van der Waals surface area contributed by atoms with Gasteiger partial charge in [0.15, 0.2) is 0 Å². The number of unbranched alkanes of at least 4 members (excludes halogenated alkanes) is 1. The molecule has 1 aliphatic heterocycles. The zero-order chi connectivity index (χ0) is 21.9. The van der Waals surface area contributed by atoms with E-state index < -0.39 is 6.04 Å². The Morgan fingerprint density at radius 1 is 1.12 bits per heavy atom. The predicted molar refractivity (Wildman–Crippen MR) is 126 cm³/mol. The number of hydrogen-bond donors (Lipinski definition) is 1. The molecule has 5 rings (SSSR count). The predicted octanol–water partition coefficient (Wildman–Crippen LogP) is 4.89. The Kier molecular flexibility index (Phi) is 5.68. The molecule has 2 aromatic carbocycles. The minimum Gasteiger partial charge on any atom is -0.340 e. The summed E-state index contributed by atoms with van der Waals surface area (Å²) in [5, 5.41) is 18.0. The maximum absolute atomic E-state index is 12.4. The number of fused-ring (bicyclic) bond motifs is 2. The van der Waals surface area contributed by atoms with Crippen LogP contribution < -0.4 is 5.32 Å². The molecular weight excluding hydrogens is 420 g/mol. The number of para-hydroxylation sites is 1. The number of thioether (sulfide) groups is 1. The van der Waals surface area contributed by atoms with Crippen molar-refractivity contribution in [1.29, 1.82) is 0 Å². The van der Waals surface area contributed by atoms with Crippen molar-refractivity contribution in [2.45, 2.75) is 37.4 Å². The summed E-state index contributed by atoms with van der Waals surface area (Å²) in [6.45, 7) is 2.83. The van der Waals surface area contributed by atoms with Crippen LogP contribution in [-0.2, 0) is 11.3 Å². The van der Waals surface area contributed by atoms with Crippen molar-refractivity contribution in [3.8, 4) is 0 Å². The Bertz CT molecular complexity index is 1300. The van der Waals surface area contributed by atoms with Crippen LogP contribution >= 0.6 is 11.8 Å². The minimum atomic E-state index is -0.431. The fraction of sp³-hybridized carbons (Fsp3) is 0.208. The molecule has 7 nitrogen and oxygen atoms in total. The van der Waals surface area contributed by atoms with Crippen LogP contribution in [0.25, 0.3) is 15.8 Å². The average molecular weight is 443 g/mol. The molecule has 0 fully saturated rings. The number of aryl methyl sites for hydroxylation is 1. The highest BCUT2D eigenvalue weighted by Crippen LogP contribution is 2.48. The third kappa shape index (κ3) is 3.89. The lowest BCUT2D eigenvalue weighted by Crippen LogP contribution is -2.20. The first-order valence-corrected chi connectivity index (χ1v) is 11.4. The topological polar surface area (TPSA) is 85.6 Å². The number of aldehydes is 1. The van der Waals surface area contributed by atoms with Gasteiger partial charge >= 0.3 is 0 Å². The number of carbonyl (C=O) groups excluding carboxylic acids is 1. The van der Waals surface area contributed by atoms with Gasteiger partial charge in [0.25, 0.3) is 5.95 Å². The second kappa shape index (κ2) is 8.92. The van der Waals surface area contributed by atoms with Crippen LogP contribution in [0.3, 0.4) is 0 Å². The van der Waals surface area contributed by atoms with Crippen molar-refractivity contribution in [3.05, 3.63) is 77.4 Å². The fourth-order valence-corrected chi connectivity index (χ4v) is 4.94. The molecule has 0 saturated carbocycles. The molecular formula is C24H22N6OS. The monoisotopic (exact) mass is 442 g/mol. The molecule has 160 valence electrons. The van der Waals surface area contributed by atoms with Gasteiger partial charge in [0.1, 0.15) is 11.3 Å². The highest BCUT2D eigenvalue weighted by Gasteiger charge is 2.31. The summed E-state index contributed by atoms with van der Waals surface area (Å²) in [6, 6.07) is 19.6. The molecule has 4 aromatic rings. The van der Waals surface area contributed by atoms with Crippen LogP contribution in [0.2, 0.25) is 0 Å². The molecule has 0 amide bonds. The fourth-order valence-electron chi connectivity index (χ4n) is 3.77. The molecule has 0 bridgehead atoms. The van der Waals surface area contributed by atoms with E-state index in [1.807, 2.05) is 54.6 Å². The van der Waals surface area contributed by atoms with Crippen LogP contribution in [0.5, 0.6) is 0 Å². The van der Waals surface area contributed by atoms with Crippen LogP contribution in [0.4, 0.5) is 5.95 Å². The molecule has 8 heteroatoms. The van der Waals surface area contributed by atoms with E-state index in [9.17, 15) is 4.79 Å². The van der Waals surface area contributed by atoms with Gasteiger partial charge in [0.2, 0.25) is 0 Å². The lowest BCUT2D eigenvalue weighted by Gasteiger charge is -2.28. The van der Waals surface area contributed by atoms with Crippen LogP contribution in [0, 0.1) is 0 Å². The number of anilines is 1. The highest BCUT2D eigenvalue weighted by atomic mass is 32.2. The smallest absolute Gasteiger partial charge is 0.264 e. The van der Waals surface area contributed by atoms with Gasteiger partial charge in [0.05, 0.1) is 18.1 Å². The van der Waals surface area contributed by atoms with E-state index in [-0.39, 0.29) is 0 Å². The van der Waals surface area contributed by atoms with Gasteiger partial charge in [-0.3, -0.25) is 4.79 Å². The Labute approximate surface area is 189 Å². The molecule has 1 aliphatic rings. The molecule has 32 heavy (non-hydrogen) atoms. The molecule has 0 radical (unpaired) electrons. The zero-order valence-electron chi connectivity index (χ0n) is 17.6. The second-order valence-electron chi connectivity index (χ2n) is 7.59. The molecule has 1 unspecified atom stereocenters. The first-order chi connectivity index (χ1) is 15.8. The average Bonchev–Trinajstić information content (AvgIpc) is 3.29. The highest BCUT2D eigenvalue weighted by molar-refractivity contribution is 8.08. The van der Waals surface area contributed by atoms with Gasteiger partial charge in [-0.15, -0.1) is 5.10 Å². The maximum atomic E-state index is 12.4. The van der Waals surface area contributed by atoms with Crippen molar-refractivity contribution in [2.75, 3.05) is 5.32 Å². The largest absolute Gasteiger partial charge is 0.340 e. The van der Waals surface area contributed by atoms with Crippen molar-refractivity contribution in [3.63, 3.8) is 0 Å². The van der Waals surface area contributed by atoms with Crippen LogP contribution in [0.15, 0.2) is 71.3 Å². The first-order valence-electron chi connectivity index (χ1n) is 10.6. The Morgan fingerprint density at radius 3 is 2.75 bits per heavy atom. The summed E-state index contributed by atoms with van der Waals surface area (Å²) in [6.07, 6.45) is 2.95. The van der Waals surface area contributed by atoms with Crippen molar-refractivity contribution < 1.29 is 4.79 Å². The summed E-state index contributed by atoms with van der Waals surface area (Å²) in [5.41, 5.74) is 3.46. The quantitative estimate of drug-likeness (QED) is 0.408. The summed E-state index contributed by atoms with van der Waals surface area (Å²) in [4.78, 5) is 19.7. The maximum Gasteiger partial charge on any atom is 0.264 e. The van der Waals surface area contributed by atoms with E-state index in [0.717, 1.165) is 51.1 Å². The Morgan fingerprint density at radius 2 is 1.94 bits per heavy atom. The number of nitrogens with one attached hydrogen (secondary N) is 1. The number of carbonyl (C=O) groups is 1. The van der Waals surface area contributed by atoms with E-state index in [1.54, 1.807) is 4.80 Å². The first kappa shape index (κ1) is 20.4. The molecule has 1 atom stereocenters. The summed E-state index contributed by atoms with van der Waals surface area (Å²) in [5.74, 6) is 0.392. The standard InChI is InChI=1S/C24H22N6OS/c1-2-3-13-30-28-24(27-29-30)26-21-18-14-17-11-7-8-12-20(17)25-23(18)32-22(19(21)15-31)16-9-5-4-6-10-16/h4-12,14-15,21H,2-3,13H2,1H3,(H,26,28). The van der Waals surface area contributed by atoms with Gasteiger partial charge in [-0.05, 0) is 29.3 Å². The number of rotatable bonds is 7. The Hall–Kier alpha value is -3.52. The summed E-state index contributed by atoms with van der Waals surface area (Å²) < 4.78 is 0. The molecule has 3 heterocycles. The van der Waals surface area contributed by atoms with Gasteiger partial charge < -0.3 is 5.32 Å². The molecule has 1 N–H and O–H groups in total. The van der Waals surface area contributed by atoms with Crippen LogP contribution in [0.1, 0.15) is 36.9 Å². The lowest BCUT2D eigenvalue weighted by molar-refractivity contribution is -0.105. The number of nitrogens with zero attached hydrogens (tertiary/aromatic N) is 5.